The minimum atomic E-state index is -0.0301. The van der Waals surface area contributed by atoms with E-state index in [0.29, 0.717) is 6.54 Å². The summed E-state index contributed by atoms with van der Waals surface area (Å²) in [6.45, 7) is 2.91. The van der Waals surface area contributed by atoms with Crippen LogP contribution in [-0.4, -0.2) is 12.1 Å². The second-order valence-electron chi connectivity index (χ2n) is 3.77. The van der Waals surface area contributed by atoms with Crippen molar-refractivity contribution < 1.29 is 0 Å². The van der Waals surface area contributed by atoms with Crippen LogP contribution in [0.25, 0.3) is 0 Å². The molecule has 1 saturated carbocycles. The summed E-state index contributed by atoms with van der Waals surface area (Å²) < 4.78 is 0. The summed E-state index contributed by atoms with van der Waals surface area (Å²) in [6.07, 6.45) is 4.82. The molecule has 1 fully saturated rings. The van der Waals surface area contributed by atoms with Crippen molar-refractivity contribution in [1.29, 1.82) is 0 Å². The smallest absolute Gasteiger partial charge is 0.0281 e. The molecule has 0 aromatic carbocycles. The minimum Gasteiger partial charge on any atom is -0.329 e. The van der Waals surface area contributed by atoms with Gasteiger partial charge in [-0.25, -0.2) is 0 Å². The van der Waals surface area contributed by atoms with Crippen LogP contribution in [0, 0.1) is 5.92 Å². The van der Waals surface area contributed by atoms with E-state index in [-0.39, 0.29) is 5.54 Å². The standard InChI is InChI=1S/C8H18N2/c1-7-3-2-4-8(10,5-7)6-9/h7H,2-6,9-10H2,1H3. The predicted molar refractivity (Wildman–Crippen MR) is 43.6 cm³/mol. The van der Waals surface area contributed by atoms with E-state index in [9.17, 15) is 0 Å². The molecule has 0 radical (unpaired) electrons. The van der Waals surface area contributed by atoms with Gasteiger partial charge in [-0.1, -0.05) is 19.8 Å². The molecule has 0 saturated heterocycles. The number of hydrogen-bond donors (Lipinski definition) is 2. The summed E-state index contributed by atoms with van der Waals surface area (Å²) in [5.41, 5.74) is 11.6. The van der Waals surface area contributed by atoms with Gasteiger partial charge < -0.3 is 11.5 Å². The molecule has 2 atom stereocenters. The van der Waals surface area contributed by atoms with Crippen molar-refractivity contribution in [3.63, 3.8) is 0 Å². The highest BCUT2D eigenvalue weighted by molar-refractivity contribution is 4.90. The zero-order valence-corrected chi connectivity index (χ0v) is 6.77. The predicted octanol–water partition coefficient (Wildman–Crippen LogP) is 0.853. The highest BCUT2D eigenvalue weighted by Gasteiger charge is 2.28. The Labute approximate surface area is 63.0 Å². The average Bonchev–Trinajstić information content (AvgIpc) is 1.88. The fraction of sp³-hybridized carbons (Fsp3) is 1.00. The van der Waals surface area contributed by atoms with Crippen molar-refractivity contribution in [3.05, 3.63) is 0 Å². The van der Waals surface area contributed by atoms with Crippen LogP contribution in [0.2, 0.25) is 0 Å². The van der Waals surface area contributed by atoms with Crippen LogP contribution in [0.4, 0.5) is 0 Å². The molecule has 2 unspecified atom stereocenters. The highest BCUT2D eigenvalue weighted by Crippen LogP contribution is 2.29. The molecular weight excluding hydrogens is 124 g/mol. The van der Waals surface area contributed by atoms with Gasteiger partial charge in [0.15, 0.2) is 0 Å². The molecule has 0 bridgehead atoms. The molecule has 0 heterocycles. The van der Waals surface area contributed by atoms with Gasteiger partial charge in [0.1, 0.15) is 0 Å². The molecule has 0 aromatic heterocycles. The van der Waals surface area contributed by atoms with Gasteiger partial charge in [-0.2, -0.15) is 0 Å². The highest BCUT2D eigenvalue weighted by atomic mass is 14.8. The van der Waals surface area contributed by atoms with Crippen molar-refractivity contribution in [1.82, 2.24) is 0 Å². The number of rotatable bonds is 1. The van der Waals surface area contributed by atoms with E-state index in [2.05, 4.69) is 6.92 Å². The quantitative estimate of drug-likeness (QED) is 0.570. The molecule has 60 valence electrons. The third kappa shape index (κ3) is 1.70. The monoisotopic (exact) mass is 142 g/mol. The van der Waals surface area contributed by atoms with Crippen LogP contribution in [0.15, 0.2) is 0 Å². The van der Waals surface area contributed by atoms with E-state index in [4.69, 9.17) is 11.5 Å². The second kappa shape index (κ2) is 2.89. The van der Waals surface area contributed by atoms with Crippen molar-refractivity contribution in [3.8, 4) is 0 Å². The molecule has 2 heteroatoms. The van der Waals surface area contributed by atoms with E-state index >= 15 is 0 Å². The lowest BCUT2D eigenvalue weighted by Crippen LogP contribution is -2.49. The Hall–Kier alpha value is -0.0800. The molecule has 2 nitrogen and oxygen atoms in total. The third-order valence-corrected chi connectivity index (χ3v) is 2.53. The van der Waals surface area contributed by atoms with Gasteiger partial charge in [0.05, 0.1) is 0 Å². The van der Waals surface area contributed by atoms with Gasteiger partial charge >= 0.3 is 0 Å². The van der Waals surface area contributed by atoms with Crippen LogP contribution in [0.5, 0.6) is 0 Å². The Balaban J connectivity index is 2.45. The van der Waals surface area contributed by atoms with E-state index in [1.54, 1.807) is 0 Å². The summed E-state index contributed by atoms with van der Waals surface area (Å²) in [6, 6.07) is 0. The summed E-state index contributed by atoms with van der Waals surface area (Å²) in [5, 5.41) is 0. The number of hydrogen-bond acceptors (Lipinski definition) is 2. The normalized spacial score (nSPS) is 41.7. The summed E-state index contributed by atoms with van der Waals surface area (Å²) in [5.74, 6) is 0.780. The topological polar surface area (TPSA) is 52.0 Å². The van der Waals surface area contributed by atoms with Gasteiger partial charge in [0.2, 0.25) is 0 Å². The van der Waals surface area contributed by atoms with Crippen molar-refractivity contribution in [2.75, 3.05) is 6.54 Å². The van der Waals surface area contributed by atoms with Crippen molar-refractivity contribution >= 4 is 0 Å². The fourth-order valence-corrected chi connectivity index (χ4v) is 1.89. The first-order valence-corrected chi connectivity index (χ1v) is 4.15. The summed E-state index contributed by atoms with van der Waals surface area (Å²) in [7, 11) is 0. The van der Waals surface area contributed by atoms with Gasteiger partial charge in [0.25, 0.3) is 0 Å². The van der Waals surface area contributed by atoms with E-state index in [0.717, 1.165) is 18.8 Å². The molecule has 4 N–H and O–H groups in total. The maximum atomic E-state index is 6.02. The van der Waals surface area contributed by atoms with Gasteiger partial charge in [0, 0.05) is 12.1 Å². The van der Waals surface area contributed by atoms with Crippen LogP contribution in [-0.2, 0) is 0 Å². The first-order valence-electron chi connectivity index (χ1n) is 4.15. The maximum Gasteiger partial charge on any atom is 0.0281 e. The van der Waals surface area contributed by atoms with Crippen LogP contribution < -0.4 is 11.5 Å². The zero-order valence-electron chi connectivity index (χ0n) is 6.77. The summed E-state index contributed by atoms with van der Waals surface area (Å²) in [4.78, 5) is 0. The van der Waals surface area contributed by atoms with Gasteiger partial charge in [-0.05, 0) is 18.8 Å². The zero-order chi connectivity index (χ0) is 7.61. The molecule has 1 rings (SSSR count). The van der Waals surface area contributed by atoms with Crippen LogP contribution >= 0.6 is 0 Å². The van der Waals surface area contributed by atoms with Crippen molar-refractivity contribution in [2.24, 2.45) is 17.4 Å². The van der Waals surface area contributed by atoms with Gasteiger partial charge in [-0.15, -0.1) is 0 Å². The van der Waals surface area contributed by atoms with E-state index < -0.39 is 0 Å². The van der Waals surface area contributed by atoms with E-state index in [1.807, 2.05) is 0 Å². The third-order valence-electron chi connectivity index (χ3n) is 2.53. The maximum absolute atomic E-state index is 6.02. The molecule has 0 aromatic rings. The van der Waals surface area contributed by atoms with Gasteiger partial charge in [-0.3, -0.25) is 0 Å². The molecule has 1 aliphatic carbocycles. The first kappa shape index (κ1) is 8.02. The number of nitrogens with two attached hydrogens (primary N) is 2. The molecule has 0 aliphatic heterocycles. The minimum absolute atomic E-state index is 0.0301. The Kier molecular flexibility index (Phi) is 2.32. The molecule has 10 heavy (non-hydrogen) atoms. The lowest BCUT2D eigenvalue weighted by Gasteiger charge is -2.35. The Morgan fingerprint density at radius 1 is 1.60 bits per heavy atom. The average molecular weight is 142 g/mol. The second-order valence-corrected chi connectivity index (χ2v) is 3.77. The summed E-state index contributed by atoms with van der Waals surface area (Å²) >= 11 is 0. The molecular formula is C8H18N2. The molecule has 0 amide bonds. The van der Waals surface area contributed by atoms with Crippen LogP contribution in [0.3, 0.4) is 0 Å². The first-order chi connectivity index (χ1) is 4.66. The lowest BCUT2D eigenvalue weighted by molar-refractivity contribution is 0.243. The Bertz CT molecular complexity index is 114. The molecule has 0 spiro atoms. The molecule has 1 aliphatic rings. The largest absolute Gasteiger partial charge is 0.329 e. The lowest BCUT2D eigenvalue weighted by atomic mass is 9.77. The SMILES string of the molecule is CC1CCCC(N)(CN)C1. The van der Waals surface area contributed by atoms with E-state index in [1.165, 1.54) is 12.8 Å². The van der Waals surface area contributed by atoms with Crippen molar-refractivity contribution in [2.45, 2.75) is 38.1 Å². The fourth-order valence-electron chi connectivity index (χ4n) is 1.89. The Morgan fingerprint density at radius 2 is 2.30 bits per heavy atom. The Morgan fingerprint density at radius 3 is 2.70 bits per heavy atom. The van der Waals surface area contributed by atoms with Crippen LogP contribution in [0.1, 0.15) is 32.6 Å².